The first-order valence-electron chi connectivity index (χ1n) is 5.21. The highest BCUT2D eigenvalue weighted by molar-refractivity contribution is 5.23. The van der Waals surface area contributed by atoms with Crippen LogP contribution in [0.3, 0.4) is 0 Å². The largest absolute Gasteiger partial charge is 0.254 e. The maximum absolute atomic E-state index is 4.65. The van der Waals surface area contributed by atoms with Crippen LogP contribution in [0.2, 0.25) is 0 Å². The molecule has 0 saturated heterocycles. The Morgan fingerprint density at radius 3 is 2.00 bits per heavy atom. The molecule has 2 nitrogen and oxygen atoms in total. The molecule has 0 amide bonds. The van der Waals surface area contributed by atoms with Crippen molar-refractivity contribution in [3.8, 4) is 0 Å². The van der Waals surface area contributed by atoms with Crippen LogP contribution >= 0.6 is 0 Å². The number of nitrogens with zero attached hydrogens (tertiary/aromatic N) is 2. The van der Waals surface area contributed by atoms with Gasteiger partial charge in [0.25, 0.3) is 0 Å². The first-order valence-corrected chi connectivity index (χ1v) is 5.21. The molecule has 14 heavy (non-hydrogen) atoms. The Morgan fingerprint density at radius 1 is 1.00 bits per heavy atom. The van der Waals surface area contributed by atoms with Crippen molar-refractivity contribution in [2.24, 2.45) is 0 Å². The van der Waals surface area contributed by atoms with Crippen molar-refractivity contribution in [1.82, 2.24) is 9.97 Å². The van der Waals surface area contributed by atoms with Gasteiger partial charge in [-0.15, -0.1) is 0 Å². The zero-order valence-electron chi connectivity index (χ0n) is 10.1. The van der Waals surface area contributed by atoms with E-state index in [-0.39, 0.29) is 5.41 Å². The quantitative estimate of drug-likeness (QED) is 0.683. The number of aryl methyl sites for hydroxylation is 3. The fourth-order valence-electron chi connectivity index (χ4n) is 1.69. The first-order chi connectivity index (χ1) is 6.36. The number of hydrogen-bond acceptors (Lipinski definition) is 2. The molecule has 0 aromatic carbocycles. The van der Waals surface area contributed by atoms with E-state index < -0.39 is 0 Å². The van der Waals surface area contributed by atoms with Crippen molar-refractivity contribution in [1.29, 1.82) is 0 Å². The average molecular weight is 192 g/mol. The molecule has 0 bridgehead atoms. The van der Waals surface area contributed by atoms with Crippen molar-refractivity contribution >= 4 is 0 Å². The van der Waals surface area contributed by atoms with E-state index in [9.17, 15) is 0 Å². The molecule has 0 radical (unpaired) electrons. The van der Waals surface area contributed by atoms with E-state index in [1.165, 1.54) is 0 Å². The van der Waals surface area contributed by atoms with E-state index in [4.69, 9.17) is 0 Å². The minimum Gasteiger partial charge on any atom is -0.254 e. The highest BCUT2D eigenvalue weighted by Crippen LogP contribution is 2.23. The smallest absolute Gasteiger partial charge is 0.0672 e. The maximum Gasteiger partial charge on any atom is 0.0672 e. The van der Waals surface area contributed by atoms with Crippen LogP contribution in [0.1, 0.15) is 50.5 Å². The summed E-state index contributed by atoms with van der Waals surface area (Å²) in [6.45, 7) is 12.7. The Balaban J connectivity index is 3.29. The third-order valence-electron chi connectivity index (χ3n) is 2.39. The van der Waals surface area contributed by atoms with Crippen molar-refractivity contribution in [2.45, 2.75) is 53.4 Å². The first kappa shape index (κ1) is 11.2. The van der Waals surface area contributed by atoms with Crippen molar-refractivity contribution in [2.75, 3.05) is 0 Å². The SMILES string of the molecule is CCc1nc(C)c(C(C)(C)C)nc1C. The highest BCUT2D eigenvalue weighted by Gasteiger charge is 2.20. The third-order valence-corrected chi connectivity index (χ3v) is 2.39. The maximum atomic E-state index is 4.65. The van der Waals surface area contributed by atoms with Gasteiger partial charge in [0.1, 0.15) is 0 Å². The third kappa shape index (κ3) is 2.11. The Kier molecular flexibility index (Phi) is 2.93. The fourth-order valence-corrected chi connectivity index (χ4v) is 1.69. The molecule has 1 aromatic heterocycles. The second-order valence-corrected chi connectivity index (χ2v) is 4.79. The van der Waals surface area contributed by atoms with E-state index in [1.807, 2.05) is 13.8 Å². The summed E-state index contributed by atoms with van der Waals surface area (Å²) in [7, 11) is 0. The van der Waals surface area contributed by atoms with Gasteiger partial charge >= 0.3 is 0 Å². The zero-order valence-corrected chi connectivity index (χ0v) is 10.1. The van der Waals surface area contributed by atoms with Crippen molar-refractivity contribution < 1.29 is 0 Å². The van der Waals surface area contributed by atoms with Gasteiger partial charge in [0.05, 0.1) is 22.8 Å². The predicted molar refractivity (Wildman–Crippen MR) is 59.6 cm³/mol. The zero-order chi connectivity index (χ0) is 10.9. The van der Waals surface area contributed by atoms with Crippen LogP contribution in [-0.2, 0) is 11.8 Å². The molecule has 0 spiro atoms. The summed E-state index contributed by atoms with van der Waals surface area (Å²) in [6.07, 6.45) is 0.962. The summed E-state index contributed by atoms with van der Waals surface area (Å²) in [5.41, 5.74) is 4.47. The summed E-state index contributed by atoms with van der Waals surface area (Å²) in [5, 5.41) is 0. The summed E-state index contributed by atoms with van der Waals surface area (Å²) in [4.78, 5) is 9.25. The topological polar surface area (TPSA) is 25.8 Å². The molecule has 0 saturated carbocycles. The van der Waals surface area contributed by atoms with E-state index >= 15 is 0 Å². The summed E-state index contributed by atoms with van der Waals surface area (Å²) >= 11 is 0. The van der Waals surface area contributed by atoms with Crippen LogP contribution in [0.15, 0.2) is 0 Å². The van der Waals surface area contributed by atoms with Gasteiger partial charge in [0.2, 0.25) is 0 Å². The number of rotatable bonds is 1. The molecule has 1 rings (SSSR count). The molecule has 1 heterocycles. The van der Waals surface area contributed by atoms with Crippen LogP contribution < -0.4 is 0 Å². The van der Waals surface area contributed by atoms with Gasteiger partial charge < -0.3 is 0 Å². The highest BCUT2D eigenvalue weighted by atomic mass is 14.8. The predicted octanol–water partition coefficient (Wildman–Crippen LogP) is 2.95. The molecule has 0 fully saturated rings. The normalized spacial score (nSPS) is 11.9. The lowest BCUT2D eigenvalue weighted by Gasteiger charge is -2.21. The lowest BCUT2D eigenvalue weighted by atomic mass is 9.90. The minimum absolute atomic E-state index is 0.0914. The average Bonchev–Trinajstić information content (AvgIpc) is 2.06. The molecule has 0 aliphatic heterocycles. The van der Waals surface area contributed by atoms with Crippen LogP contribution in [0, 0.1) is 13.8 Å². The molecule has 0 atom stereocenters. The Hall–Kier alpha value is -0.920. The standard InChI is InChI=1S/C12H20N2/c1-7-10-8(2)14-11(9(3)13-10)12(4,5)6/h7H2,1-6H3. The van der Waals surface area contributed by atoms with Gasteiger partial charge in [-0.2, -0.15) is 0 Å². The Morgan fingerprint density at radius 2 is 1.57 bits per heavy atom. The Bertz CT molecular complexity index is 335. The summed E-state index contributed by atoms with van der Waals surface area (Å²) < 4.78 is 0. The Labute approximate surface area is 86.8 Å². The molecule has 0 unspecified atom stereocenters. The second kappa shape index (κ2) is 3.68. The molecule has 0 N–H and O–H groups in total. The molecule has 78 valence electrons. The fraction of sp³-hybridized carbons (Fsp3) is 0.667. The van der Waals surface area contributed by atoms with Crippen molar-refractivity contribution in [3.05, 3.63) is 22.8 Å². The number of aromatic nitrogens is 2. The van der Waals surface area contributed by atoms with Crippen LogP contribution in [0.4, 0.5) is 0 Å². The van der Waals surface area contributed by atoms with Crippen LogP contribution in [0.25, 0.3) is 0 Å². The molecule has 1 aromatic rings. The van der Waals surface area contributed by atoms with Crippen molar-refractivity contribution in [3.63, 3.8) is 0 Å². The van der Waals surface area contributed by atoms with E-state index in [1.54, 1.807) is 0 Å². The monoisotopic (exact) mass is 192 g/mol. The summed E-state index contributed by atoms with van der Waals surface area (Å²) in [5.74, 6) is 0. The number of hydrogen-bond donors (Lipinski definition) is 0. The van der Waals surface area contributed by atoms with Gasteiger partial charge in [0.15, 0.2) is 0 Å². The van der Waals surface area contributed by atoms with E-state index in [0.29, 0.717) is 0 Å². The molecule has 0 aliphatic carbocycles. The lowest BCUT2D eigenvalue weighted by molar-refractivity contribution is 0.555. The van der Waals surface area contributed by atoms with Gasteiger partial charge in [-0.1, -0.05) is 27.7 Å². The molecule has 0 aliphatic rings. The van der Waals surface area contributed by atoms with Gasteiger partial charge in [-0.3, -0.25) is 9.97 Å². The van der Waals surface area contributed by atoms with Gasteiger partial charge in [0, 0.05) is 5.41 Å². The molecular formula is C12H20N2. The molecule has 2 heteroatoms. The van der Waals surface area contributed by atoms with Gasteiger partial charge in [-0.05, 0) is 20.3 Å². The molecular weight excluding hydrogens is 172 g/mol. The van der Waals surface area contributed by atoms with E-state index in [0.717, 1.165) is 29.2 Å². The lowest BCUT2D eigenvalue weighted by Crippen LogP contribution is -2.18. The minimum atomic E-state index is 0.0914. The second-order valence-electron chi connectivity index (χ2n) is 4.79. The summed E-state index contributed by atoms with van der Waals surface area (Å²) in [6, 6.07) is 0. The van der Waals surface area contributed by atoms with Crippen LogP contribution in [0.5, 0.6) is 0 Å². The van der Waals surface area contributed by atoms with Crippen LogP contribution in [-0.4, -0.2) is 9.97 Å². The van der Waals surface area contributed by atoms with Gasteiger partial charge in [-0.25, -0.2) is 0 Å². The van der Waals surface area contributed by atoms with E-state index in [2.05, 4.69) is 37.7 Å².